The first-order valence-corrected chi connectivity index (χ1v) is 9.86. The van der Waals surface area contributed by atoms with E-state index >= 15 is 0 Å². The molecule has 0 bridgehead atoms. The van der Waals surface area contributed by atoms with Gasteiger partial charge in [-0.1, -0.05) is 36.4 Å². The van der Waals surface area contributed by atoms with E-state index in [1.54, 1.807) is 0 Å². The Kier molecular flexibility index (Phi) is 6.89. The Balaban J connectivity index is 1.50. The topological polar surface area (TPSA) is 87.5 Å². The molecule has 148 valence electrons. The smallest absolute Gasteiger partial charge is 0.319 e. The van der Waals surface area contributed by atoms with Gasteiger partial charge in [0.15, 0.2) is 0 Å². The zero-order valence-electron chi connectivity index (χ0n) is 16.1. The van der Waals surface area contributed by atoms with Crippen molar-refractivity contribution in [3.05, 3.63) is 60.2 Å². The number of amides is 3. The van der Waals surface area contributed by atoms with E-state index in [9.17, 15) is 9.59 Å². The van der Waals surface area contributed by atoms with Crippen LogP contribution in [0.5, 0.6) is 0 Å². The molecule has 2 aromatic carbocycles. The van der Waals surface area contributed by atoms with Crippen LogP contribution in [0.1, 0.15) is 31.2 Å². The molecule has 0 saturated carbocycles. The summed E-state index contributed by atoms with van der Waals surface area (Å²) in [4.78, 5) is 26.8. The lowest BCUT2D eigenvalue weighted by atomic mass is 10.0. The molecule has 2 aromatic rings. The first kappa shape index (κ1) is 19.7. The molecule has 1 unspecified atom stereocenters. The molecule has 3 amide bonds. The molecule has 28 heavy (non-hydrogen) atoms. The highest BCUT2D eigenvalue weighted by Gasteiger charge is 2.26. The summed E-state index contributed by atoms with van der Waals surface area (Å²) < 4.78 is 0. The van der Waals surface area contributed by atoms with Crippen LogP contribution >= 0.6 is 0 Å². The maximum atomic E-state index is 12.8. The van der Waals surface area contributed by atoms with Gasteiger partial charge in [-0.2, -0.15) is 0 Å². The highest BCUT2D eigenvalue weighted by molar-refractivity contribution is 5.89. The normalized spacial score (nSPS) is 16.4. The van der Waals surface area contributed by atoms with Gasteiger partial charge in [0.1, 0.15) is 0 Å². The molecule has 0 aromatic heterocycles. The van der Waals surface area contributed by atoms with Crippen molar-refractivity contribution in [1.29, 1.82) is 0 Å². The fourth-order valence-corrected chi connectivity index (χ4v) is 3.60. The molecule has 0 aliphatic carbocycles. The van der Waals surface area contributed by atoms with Crippen LogP contribution in [0.3, 0.4) is 0 Å². The van der Waals surface area contributed by atoms with Crippen LogP contribution in [0.25, 0.3) is 0 Å². The maximum absolute atomic E-state index is 12.8. The molecule has 0 spiro atoms. The fraction of sp³-hybridized carbons (Fsp3) is 0.364. The lowest BCUT2D eigenvalue weighted by molar-refractivity contribution is -0.134. The number of carbonyl (C=O) groups excluding carboxylic acids is 2. The number of hydrogen-bond donors (Lipinski definition) is 3. The van der Waals surface area contributed by atoms with Crippen molar-refractivity contribution in [2.24, 2.45) is 0 Å². The van der Waals surface area contributed by atoms with Crippen molar-refractivity contribution >= 4 is 23.3 Å². The van der Waals surface area contributed by atoms with Gasteiger partial charge < -0.3 is 21.3 Å². The second-order valence-corrected chi connectivity index (χ2v) is 7.14. The third-order valence-electron chi connectivity index (χ3n) is 5.14. The van der Waals surface area contributed by atoms with Crippen LogP contribution in [-0.2, 0) is 11.2 Å². The second-order valence-electron chi connectivity index (χ2n) is 7.14. The monoisotopic (exact) mass is 380 g/mol. The van der Waals surface area contributed by atoms with E-state index in [4.69, 9.17) is 5.73 Å². The Morgan fingerprint density at radius 2 is 1.79 bits per heavy atom. The number of carbonyl (C=O) groups is 2. The van der Waals surface area contributed by atoms with Gasteiger partial charge in [0, 0.05) is 36.9 Å². The van der Waals surface area contributed by atoms with Crippen LogP contribution in [-0.4, -0.2) is 36.0 Å². The molecule has 1 atom stereocenters. The molecule has 4 N–H and O–H groups in total. The number of urea groups is 1. The van der Waals surface area contributed by atoms with E-state index in [0.29, 0.717) is 19.4 Å². The average molecular weight is 380 g/mol. The predicted octanol–water partition coefficient (Wildman–Crippen LogP) is 3.40. The minimum absolute atomic E-state index is 0.0379. The van der Waals surface area contributed by atoms with Gasteiger partial charge in [-0.3, -0.25) is 4.79 Å². The number of rotatable bonds is 6. The SMILES string of the molecule is Nc1ccccc1CCC(=O)N1CCCCC1CNC(=O)Nc1ccccc1. The number of nitrogens with one attached hydrogen (secondary N) is 2. The molecule has 3 rings (SSSR count). The summed E-state index contributed by atoms with van der Waals surface area (Å²) in [6, 6.07) is 16.8. The van der Waals surface area contributed by atoms with Gasteiger partial charge in [0.05, 0.1) is 0 Å². The number of nitrogen functional groups attached to an aromatic ring is 1. The third-order valence-corrected chi connectivity index (χ3v) is 5.14. The molecule has 1 heterocycles. The van der Waals surface area contributed by atoms with E-state index in [1.807, 2.05) is 59.5 Å². The molecular weight excluding hydrogens is 352 g/mol. The van der Waals surface area contributed by atoms with Crippen molar-refractivity contribution in [2.45, 2.75) is 38.1 Å². The minimum atomic E-state index is -0.249. The molecule has 1 fully saturated rings. The van der Waals surface area contributed by atoms with Crippen molar-refractivity contribution in [3.63, 3.8) is 0 Å². The van der Waals surface area contributed by atoms with Gasteiger partial charge in [-0.15, -0.1) is 0 Å². The highest BCUT2D eigenvalue weighted by Crippen LogP contribution is 2.19. The number of para-hydroxylation sites is 2. The van der Waals surface area contributed by atoms with Crippen molar-refractivity contribution in [3.8, 4) is 0 Å². The predicted molar refractivity (Wildman–Crippen MR) is 112 cm³/mol. The number of benzene rings is 2. The van der Waals surface area contributed by atoms with Gasteiger partial charge in [0.25, 0.3) is 0 Å². The number of hydrogen-bond acceptors (Lipinski definition) is 3. The zero-order valence-corrected chi connectivity index (χ0v) is 16.1. The maximum Gasteiger partial charge on any atom is 0.319 e. The summed E-state index contributed by atoms with van der Waals surface area (Å²) in [5.41, 5.74) is 8.46. The van der Waals surface area contributed by atoms with Crippen LogP contribution in [0.2, 0.25) is 0 Å². The van der Waals surface area contributed by atoms with E-state index in [-0.39, 0.29) is 18.0 Å². The Morgan fingerprint density at radius 1 is 1.04 bits per heavy atom. The molecular formula is C22H28N4O2. The van der Waals surface area contributed by atoms with Crippen LogP contribution < -0.4 is 16.4 Å². The number of anilines is 2. The van der Waals surface area contributed by atoms with E-state index in [1.165, 1.54) is 0 Å². The number of nitrogens with two attached hydrogens (primary N) is 1. The highest BCUT2D eigenvalue weighted by atomic mass is 16.2. The first-order valence-electron chi connectivity index (χ1n) is 9.86. The van der Waals surface area contributed by atoms with Gasteiger partial charge in [-0.25, -0.2) is 4.79 Å². The third kappa shape index (κ3) is 5.49. The summed E-state index contributed by atoms with van der Waals surface area (Å²) in [7, 11) is 0. The first-order chi connectivity index (χ1) is 13.6. The molecule has 0 radical (unpaired) electrons. The van der Waals surface area contributed by atoms with Crippen LogP contribution in [0.15, 0.2) is 54.6 Å². The largest absolute Gasteiger partial charge is 0.399 e. The fourth-order valence-electron chi connectivity index (χ4n) is 3.60. The number of nitrogens with zero attached hydrogens (tertiary/aromatic N) is 1. The summed E-state index contributed by atoms with van der Waals surface area (Å²) in [5, 5.41) is 5.72. The van der Waals surface area contributed by atoms with Crippen molar-refractivity contribution < 1.29 is 9.59 Å². The molecule has 1 saturated heterocycles. The van der Waals surface area contributed by atoms with Crippen LogP contribution in [0, 0.1) is 0 Å². The lowest BCUT2D eigenvalue weighted by Crippen LogP contribution is -2.50. The zero-order chi connectivity index (χ0) is 19.8. The second kappa shape index (κ2) is 9.78. The Hall–Kier alpha value is -3.02. The molecule has 1 aliphatic heterocycles. The van der Waals surface area contributed by atoms with Gasteiger partial charge in [-0.05, 0) is 49.4 Å². The summed E-state index contributed by atoms with van der Waals surface area (Å²) in [6.45, 7) is 1.20. The van der Waals surface area contributed by atoms with E-state index in [2.05, 4.69) is 10.6 Å². The van der Waals surface area contributed by atoms with E-state index < -0.39 is 0 Å². The van der Waals surface area contributed by atoms with Crippen molar-refractivity contribution in [1.82, 2.24) is 10.2 Å². The summed E-state index contributed by atoms with van der Waals surface area (Å²) >= 11 is 0. The van der Waals surface area contributed by atoms with Crippen LogP contribution in [0.4, 0.5) is 16.2 Å². The Morgan fingerprint density at radius 3 is 2.57 bits per heavy atom. The quantitative estimate of drug-likeness (QED) is 0.671. The molecule has 6 heteroatoms. The van der Waals surface area contributed by atoms with Crippen molar-refractivity contribution in [2.75, 3.05) is 24.1 Å². The summed E-state index contributed by atoms with van der Waals surface area (Å²) in [6.07, 6.45) is 4.05. The van der Waals surface area contributed by atoms with Gasteiger partial charge >= 0.3 is 6.03 Å². The van der Waals surface area contributed by atoms with E-state index in [0.717, 1.165) is 42.7 Å². The molecule has 6 nitrogen and oxygen atoms in total. The molecule has 1 aliphatic rings. The Bertz CT molecular complexity index is 794. The van der Waals surface area contributed by atoms with Gasteiger partial charge in [0.2, 0.25) is 5.91 Å². The standard InChI is InChI=1S/C22H28N4O2/c23-20-12-5-4-8-17(20)13-14-21(27)26-15-7-6-11-19(26)16-24-22(28)25-18-9-2-1-3-10-18/h1-5,8-10,12,19H,6-7,11,13-16,23H2,(H2,24,25,28). The number of piperidine rings is 1. The Labute approximate surface area is 166 Å². The lowest BCUT2D eigenvalue weighted by Gasteiger charge is -2.36. The number of aryl methyl sites for hydroxylation is 1. The average Bonchev–Trinajstić information content (AvgIpc) is 2.72. The minimum Gasteiger partial charge on any atom is -0.399 e. The summed E-state index contributed by atoms with van der Waals surface area (Å²) in [5.74, 6) is 0.123. The number of likely N-dealkylation sites (tertiary alicyclic amines) is 1.